The van der Waals surface area contributed by atoms with Gasteiger partial charge in [-0.05, 0) is 42.8 Å². The van der Waals surface area contributed by atoms with E-state index in [9.17, 15) is 9.18 Å². The van der Waals surface area contributed by atoms with Crippen molar-refractivity contribution in [1.29, 1.82) is 0 Å². The standard InChI is InChI=1S/C18H17FN2O2/c1-11(18(20)22)21-10-12-5-6-16-14(7-12)9-17(23-16)13-3-2-4-15(19)8-13/h2-9,11,21H,10H2,1H3,(H2,20,22)/t11-/m0/s1. The minimum Gasteiger partial charge on any atom is -0.456 e. The Morgan fingerprint density at radius 3 is 2.83 bits per heavy atom. The van der Waals surface area contributed by atoms with Gasteiger partial charge in [0.1, 0.15) is 17.2 Å². The molecule has 0 spiro atoms. The average Bonchev–Trinajstić information content (AvgIpc) is 2.95. The number of primary amides is 1. The molecule has 4 nitrogen and oxygen atoms in total. The second kappa shape index (κ2) is 6.22. The van der Waals surface area contributed by atoms with Gasteiger partial charge in [0.15, 0.2) is 0 Å². The quantitative estimate of drug-likeness (QED) is 0.760. The maximum Gasteiger partial charge on any atom is 0.234 e. The van der Waals surface area contributed by atoms with Crippen molar-refractivity contribution in [1.82, 2.24) is 5.32 Å². The Morgan fingerprint density at radius 1 is 1.26 bits per heavy atom. The predicted molar refractivity (Wildman–Crippen MR) is 87.1 cm³/mol. The van der Waals surface area contributed by atoms with Gasteiger partial charge in [0, 0.05) is 17.5 Å². The number of hydrogen-bond donors (Lipinski definition) is 2. The van der Waals surface area contributed by atoms with Crippen molar-refractivity contribution in [3.05, 3.63) is 59.9 Å². The van der Waals surface area contributed by atoms with Gasteiger partial charge in [-0.1, -0.05) is 18.2 Å². The van der Waals surface area contributed by atoms with Gasteiger partial charge in [0.05, 0.1) is 6.04 Å². The molecule has 3 N–H and O–H groups in total. The lowest BCUT2D eigenvalue weighted by Crippen LogP contribution is -2.38. The topological polar surface area (TPSA) is 68.3 Å². The molecule has 0 unspecified atom stereocenters. The largest absolute Gasteiger partial charge is 0.456 e. The van der Waals surface area contributed by atoms with Gasteiger partial charge in [-0.25, -0.2) is 4.39 Å². The van der Waals surface area contributed by atoms with Crippen molar-refractivity contribution in [2.75, 3.05) is 0 Å². The molecule has 0 aliphatic carbocycles. The Bertz CT molecular complexity index is 857. The van der Waals surface area contributed by atoms with Gasteiger partial charge in [0.25, 0.3) is 0 Å². The zero-order chi connectivity index (χ0) is 16.4. The highest BCUT2D eigenvalue weighted by Gasteiger charge is 2.10. The molecule has 3 aromatic rings. The Balaban J connectivity index is 1.85. The molecule has 1 heterocycles. The molecule has 0 saturated heterocycles. The summed E-state index contributed by atoms with van der Waals surface area (Å²) in [5.74, 6) is -0.0637. The summed E-state index contributed by atoms with van der Waals surface area (Å²) < 4.78 is 19.1. The molecule has 23 heavy (non-hydrogen) atoms. The number of hydrogen-bond acceptors (Lipinski definition) is 3. The highest BCUT2D eigenvalue weighted by Crippen LogP contribution is 2.28. The third-order valence-electron chi connectivity index (χ3n) is 3.73. The number of halogens is 1. The molecule has 5 heteroatoms. The van der Waals surface area contributed by atoms with Crippen LogP contribution in [0.4, 0.5) is 4.39 Å². The van der Waals surface area contributed by atoms with Gasteiger partial charge in [0.2, 0.25) is 5.91 Å². The number of amides is 1. The van der Waals surface area contributed by atoms with E-state index in [-0.39, 0.29) is 11.7 Å². The molecular formula is C18H17FN2O2. The van der Waals surface area contributed by atoms with E-state index in [1.807, 2.05) is 24.3 Å². The first kappa shape index (κ1) is 15.2. The second-order valence-corrected chi connectivity index (χ2v) is 5.50. The number of nitrogens with two attached hydrogens (primary N) is 1. The van der Waals surface area contributed by atoms with Crippen molar-refractivity contribution in [3.8, 4) is 11.3 Å². The fourth-order valence-corrected chi connectivity index (χ4v) is 2.36. The van der Waals surface area contributed by atoms with Crippen LogP contribution in [0, 0.1) is 5.82 Å². The molecule has 0 aliphatic heterocycles. The van der Waals surface area contributed by atoms with Crippen molar-refractivity contribution in [2.45, 2.75) is 19.5 Å². The third kappa shape index (κ3) is 3.40. The van der Waals surface area contributed by atoms with Gasteiger partial charge < -0.3 is 15.5 Å². The fraction of sp³-hybridized carbons (Fsp3) is 0.167. The number of fused-ring (bicyclic) bond motifs is 1. The lowest BCUT2D eigenvalue weighted by atomic mass is 10.1. The van der Waals surface area contributed by atoms with Crippen LogP contribution in [0.3, 0.4) is 0 Å². The number of nitrogens with one attached hydrogen (secondary N) is 1. The zero-order valence-corrected chi connectivity index (χ0v) is 12.7. The summed E-state index contributed by atoms with van der Waals surface area (Å²) in [4.78, 5) is 11.0. The van der Waals surface area contributed by atoms with Crippen LogP contribution in [0.5, 0.6) is 0 Å². The molecule has 0 fully saturated rings. The van der Waals surface area contributed by atoms with Crippen LogP contribution in [0.15, 0.2) is 52.9 Å². The van der Waals surface area contributed by atoms with E-state index in [1.54, 1.807) is 19.1 Å². The summed E-state index contributed by atoms with van der Waals surface area (Å²) in [5, 5.41) is 3.98. The summed E-state index contributed by atoms with van der Waals surface area (Å²) in [6.45, 7) is 2.25. The maximum absolute atomic E-state index is 13.3. The molecule has 1 atom stereocenters. The molecule has 1 amide bonds. The summed E-state index contributed by atoms with van der Waals surface area (Å²) >= 11 is 0. The number of carbonyl (C=O) groups is 1. The summed E-state index contributed by atoms with van der Waals surface area (Å²) in [7, 11) is 0. The van der Waals surface area contributed by atoms with E-state index in [4.69, 9.17) is 10.2 Å². The summed E-state index contributed by atoms with van der Waals surface area (Å²) in [5.41, 5.74) is 7.66. The van der Waals surface area contributed by atoms with Gasteiger partial charge in [-0.15, -0.1) is 0 Å². The second-order valence-electron chi connectivity index (χ2n) is 5.50. The SMILES string of the molecule is C[C@H](NCc1ccc2oc(-c3cccc(F)c3)cc2c1)C(N)=O. The lowest BCUT2D eigenvalue weighted by molar-refractivity contribution is -0.119. The molecule has 0 saturated carbocycles. The molecule has 0 radical (unpaired) electrons. The van der Waals surface area contributed by atoms with Crippen molar-refractivity contribution in [2.24, 2.45) is 5.73 Å². The van der Waals surface area contributed by atoms with Crippen LogP contribution >= 0.6 is 0 Å². The van der Waals surface area contributed by atoms with Crippen LogP contribution < -0.4 is 11.1 Å². The molecule has 2 aromatic carbocycles. The number of furan rings is 1. The molecule has 3 rings (SSSR count). The van der Waals surface area contributed by atoms with Crippen molar-refractivity contribution < 1.29 is 13.6 Å². The predicted octanol–water partition coefficient (Wildman–Crippen LogP) is 3.20. The molecule has 1 aromatic heterocycles. The lowest BCUT2D eigenvalue weighted by Gasteiger charge is -2.09. The van der Waals surface area contributed by atoms with E-state index in [1.165, 1.54) is 12.1 Å². The van der Waals surface area contributed by atoms with Gasteiger partial charge >= 0.3 is 0 Å². The first-order chi connectivity index (χ1) is 11.0. The van der Waals surface area contributed by atoms with Crippen LogP contribution in [-0.4, -0.2) is 11.9 Å². The van der Waals surface area contributed by atoms with E-state index in [2.05, 4.69) is 5.32 Å². The van der Waals surface area contributed by atoms with Crippen LogP contribution in [-0.2, 0) is 11.3 Å². The first-order valence-corrected chi connectivity index (χ1v) is 7.34. The summed E-state index contributed by atoms with van der Waals surface area (Å²) in [6.07, 6.45) is 0. The minimum atomic E-state index is -0.391. The Hall–Kier alpha value is -2.66. The number of rotatable bonds is 5. The Labute approximate surface area is 133 Å². The Kier molecular flexibility index (Phi) is 4.12. The highest BCUT2D eigenvalue weighted by atomic mass is 19.1. The number of carbonyl (C=O) groups excluding carboxylic acids is 1. The van der Waals surface area contributed by atoms with E-state index >= 15 is 0 Å². The molecular weight excluding hydrogens is 295 g/mol. The fourth-order valence-electron chi connectivity index (χ4n) is 2.36. The van der Waals surface area contributed by atoms with E-state index < -0.39 is 6.04 Å². The monoisotopic (exact) mass is 312 g/mol. The minimum absolute atomic E-state index is 0.298. The van der Waals surface area contributed by atoms with E-state index in [0.717, 1.165) is 16.5 Å². The zero-order valence-electron chi connectivity index (χ0n) is 12.7. The normalized spacial score (nSPS) is 12.4. The molecule has 0 aliphatic rings. The average molecular weight is 312 g/mol. The van der Waals surface area contributed by atoms with E-state index in [0.29, 0.717) is 17.9 Å². The first-order valence-electron chi connectivity index (χ1n) is 7.34. The summed E-state index contributed by atoms with van der Waals surface area (Å²) in [6, 6.07) is 13.5. The van der Waals surface area contributed by atoms with Crippen LogP contribution in [0.1, 0.15) is 12.5 Å². The highest BCUT2D eigenvalue weighted by molar-refractivity contribution is 5.83. The van der Waals surface area contributed by atoms with Crippen LogP contribution in [0.25, 0.3) is 22.3 Å². The van der Waals surface area contributed by atoms with Gasteiger partial charge in [-0.2, -0.15) is 0 Å². The smallest absolute Gasteiger partial charge is 0.234 e. The Morgan fingerprint density at radius 2 is 2.09 bits per heavy atom. The van der Waals surface area contributed by atoms with Crippen molar-refractivity contribution in [3.63, 3.8) is 0 Å². The molecule has 118 valence electrons. The number of benzene rings is 2. The third-order valence-corrected chi connectivity index (χ3v) is 3.73. The van der Waals surface area contributed by atoms with Crippen molar-refractivity contribution >= 4 is 16.9 Å². The van der Waals surface area contributed by atoms with Gasteiger partial charge in [-0.3, -0.25) is 4.79 Å². The molecule has 0 bridgehead atoms. The van der Waals surface area contributed by atoms with Crippen LogP contribution in [0.2, 0.25) is 0 Å². The maximum atomic E-state index is 13.3.